The molecule has 0 fully saturated rings. The van der Waals surface area contributed by atoms with Crippen LogP contribution in [0, 0.1) is 5.92 Å². The second-order valence-corrected chi connectivity index (χ2v) is 4.73. The molecule has 6 nitrogen and oxygen atoms in total. The standard InChI is InChI=1S/C14H21N3O3/c1-10(8-15)14(19)16-11-4-6-12(7-5-11)20-9-13(18)17(2)3/h4-7,10H,8-9,15H2,1-3H3,(H,16,19). The number of anilines is 1. The van der Waals surface area contributed by atoms with Crippen LogP contribution in [-0.2, 0) is 9.59 Å². The average molecular weight is 279 g/mol. The van der Waals surface area contributed by atoms with Gasteiger partial charge in [-0.2, -0.15) is 0 Å². The summed E-state index contributed by atoms with van der Waals surface area (Å²) < 4.78 is 5.33. The second kappa shape index (κ2) is 7.49. The van der Waals surface area contributed by atoms with Gasteiger partial charge in [0.05, 0.1) is 0 Å². The van der Waals surface area contributed by atoms with Crippen LogP contribution in [0.5, 0.6) is 5.75 Å². The zero-order valence-electron chi connectivity index (χ0n) is 12.1. The van der Waals surface area contributed by atoms with Crippen molar-refractivity contribution in [2.45, 2.75) is 6.92 Å². The number of amides is 2. The van der Waals surface area contributed by atoms with Crippen molar-refractivity contribution >= 4 is 17.5 Å². The Morgan fingerprint density at radius 3 is 2.40 bits per heavy atom. The zero-order valence-corrected chi connectivity index (χ0v) is 12.1. The molecule has 0 aliphatic carbocycles. The molecular weight excluding hydrogens is 258 g/mol. The number of nitrogens with two attached hydrogens (primary N) is 1. The fourth-order valence-electron chi connectivity index (χ4n) is 1.28. The SMILES string of the molecule is CC(CN)C(=O)Nc1ccc(OCC(=O)N(C)C)cc1. The Morgan fingerprint density at radius 1 is 1.30 bits per heavy atom. The molecule has 1 atom stereocenters. The molecule has 0 aliphatic rings. The van der Waals surface area contributed by atoms with Crippen molar-refractivity contribution in [3.63, 3.8) is 0 Å². The summed E-state index contributed by atoms with van der Waals surface area (Å²) in [6, 6.07) is 6.84. The zero-order chi connectivity index (χ0) is 15.1. The Morgan fingerprint density at radius 2 is 1.90 bits per heavy atom. The van der Waals surface area contributed by atoms with Gasteiger partial charge in [0.15, 0.2) is 6.61 Å². The highest BCUT2D eigenvalue weighted by Gasteiger charge is 2.10. The lowest BCUT2D eigenvalue weighted by Crippen LogP contribution is -2.27. The lowest BCUT2D eigenvalue weighted by molar-refractivity contribution is -0.130. The van der Waals surface area contributed by atoms with Crippen LogP contribution < -0.4 is 15.8 Å². The lowest BCUT2D eigenvalue weighted by Gasteiger charge is -2.12. The predicted molar refractivity (Wildman–Crippen MR) is 77.5 cm³/mol. The molecule has 0 radical (unpaired) electrons. The molecular formula is C14H21N3O3. The second-order valence-electron chi connectivity index (χ2n) is 4.73. The van der Waals surface area contributed by atoms with Crippen LogP contribution in [0.15, 0.2) is 24.3 Å². The quantitative estimate of drug-likeness (QED) is 0.802. The van der Waals surface area contributed by atoms with E-state index in [1.807, 2.05) is 0 Å². The van der Waals surface area contributed by atoms with Crippen molar-refractivity contribution in [2.75, 3.05) is 32.6 Å². The number of benzene rings is 1. The minimum atomic E-state index is -0.233. The maximum Gasteiger partial charge on any atom is 0.259 e. The highest BCUT2D eigenvalue weighted by atomic mass is 16.5. The fraction of sp³-hybridized carbons (Fsp3) is 0.429. The van der Waals surface area contributed by atoms with Crippen LogP contribution in [0.3, 0.4) is 0 Å². The minimum absolute atomic E-state index is 0.0110. The minimum Gasteiger partial charge on any atom is -0.484 e. The topological polar surface area (TPSA) is 84.7 Å². The van der Waals surface area contributed by atoms with Gasteiger partial charge in [-0.05, 0) is 24.3 Å². The molecule has 3 N–H and O–H groups in total. The van der Waals surface area contributed by atoms with Gasteiger partial charge in [-0.1, -0.05) is 6.92 Å². The van der Waals surface area contributed by atoms with Gasteiger partial charge in [0.1, 0.15) is 5.75 Å². The maximum atomic E-state index is 11.6. The average Bonchev–Trinajstić information content (AvgIpc) is 2.45. The smallest absolute Gasteiger partial charge is 0.259 e. The Bertz CT molecular complexity index is 457. The summed E-state index contributed by atoms with van der Waals surface area (Å²) >= 11 is 0. The van der Waals surface area contributed by atoms with Gasteiger partial charge in [0.25, 0.3) is 5.91 Å². The van der Waals surface area contributed by atoms with Crippen LogP contribution in [0.2, 0.25) is 0 Å². The molecule has 1 unspecified atom stereocenters. The summed E-state index contributed by atoms with van der Waals surface area (Å²) in [6.45, 7) is 2.06. The van der Waals surface area contributed by atoms with Crippen LogP contribution in [0.1, 0.15) is 6.92 Å². The Labute approximate surface area is 118 Å². The van der Waals surface area contributed by atoms with E-state index in [1.165, 1.54) is 4.90 Å². The molecule has 0 saturated carbocycles. The first kappa shape index (κ1) is 16.0. The summed E-state index contributed by atoms with van der Waals surface area (Å²) in [5.74, 6) is 0.108. The number of hydrogen-bond donors (Lipinski definition) is 2. The summed E-state index contributed by atoms with van der Waals surface area (Å²) in [6.07, 6.45) is 0. The molecule has 0 heterocycles. The molecule has 0 aliphatic heterocycles. The highest BCUT2D eigenvalue weighted by Crippen LogP contribution is 2.16. The van der Waals surface area contributed by atoms with E-state index >= 15 is 0 Å². The van der Waals surface area contributed by atoms with Gasteiger partial charge in [0.2, 0.25) is 5.91 Å². The first-order valence-electron chi connectivity index (χ1n) is 6.38. The summed E-state index contributed by atoms with van der Waals surface area (Å²) in [5.41, 5.74) is 6.09. The molecule has 0 aromatic heterocycles. The van der Waals surface area contributed by atoms with Gasteiger partial charge in [-0.15, -0.1) is 0 Å². The third-order valence-electron chi connectivity index (χ3n) is 2.78. The van der Waals surface area contributed by atoms with E-state index in [-0.39, 0.29) is 24.3 Å². The number of hydrogen-bond acceptors (Lipinski definition) is 4. The first-order chi connectivity index (χ1) is 9.43. The van der Waals surface area contributed by atoms with Crippen LogP contribution >= 0.6 is 0 Å². The molecule has 110 valence electrons. The molecule has 0 saturated heterocycles. The Balaban J connectivity index is 2.52. The Hall–Kier alpha value is -2.08. The van der Waals surface area contributed by atoms with Crippen molar-refractivity contribution in [3.05, 3.63) is 24.3 Å². The summed E-state index contributed by atoms with van der Waals surface area (Å²) in [5, 5.41) is 2.75. The van der Waals surface area contributed by atoms with Crippen molar-refractivity contribution in [1.29, 1.82) is 0 Å². The highest BCUT2D eigenvalue weighted by molar-refractivity contribution is 5.92. The van der Waals surface area contributed by atoms with E-state index in [4.69, 9.17) is 10.5 Å². The number of likely N-dealkylation sites (N-methyl/N-ethyl adjacent to an activating group) is 1. The van der Waals surface area contributed by atoms with Crippen molar-refractivity contribution in [2.24, 2.45) is 11.7 Å². The number of ether oxygens (including phenoxy) is 1. The third kappa shape index (κ3) is 4.89. The fourth-order valence-corrected chi connectivity index (χ4v) is 1.28. The van der Waals surface area contributed by atoms with E-state index in [0.29, 0.717) is 18.0 Å². The van der Waals surface area contributed by atoms with E-state index < -0.39 is 0 Å². The number of nitrogens with one attached hydrogen (secondary N) is 1. The van der Waals surface area contributed by atoms with Crippen LogP contribution in [0.25, 0.3) is 0 Å². The lowest BCUT2D eigenvalue weighted by atomic mass is 10.1. The van der Waals surface area contributed by atoms with E-state index in [1.54, 1.807) is 45.3 Å². The maximum absolute atomic E-state index is 11.6. The summed E-state index contributed by atoms with van der Waals surface area (Å²) in [7, 11) is 3.34. The monoisotopic (exact) mass is 279 g/mol. The predicted octanol–water partition coefficient (Wildman–Crippen LogP) is 0.687. The molecule has 1 aromatic carbocycles. The van der Waals surface area contributed by atoms with Gasteiger partial charge in [-0.3, -0.25) is 9.59 Å². The largest absolute Gasteiger partial charge is 0.484 e. The molecule has 20 heavy (non-hydrogen) atoms. The van der Waals surface area contributed by atoms with Crippen molar-refractivity contribution < 1.29 is 14.3 Å². The number of nitrogens with zero attached hydrogens (tertiary/aromatic N) is 1. The van der Waals surface area contributed by atoms with Crippen LogP contribution in [-0.4, -0.2) is 44.0 Å². The van der Waals surface area contributed by atoms with Gasteiger partial charge < -0.3 is 20.7 Å². The van der Waals surface area contributed by atoms with E-state index in [0.717, 1.165) is 0 Å². The molecule has 1 rings (SSSR count). The summed E-state index contributed by atoms with van der Waals surface area (Å²) in [4.78, 5) is 24.5. The molecule has 0 spiro atoms. The van der Waals surface area contributed by atoms with Crippen molar-refractivity contribution in [3.8, 4) is 5.75 Å². The number of carbonyl (C=O) groups excluding carboxylic acids is 2. The van der Waals surface area contributed by atoms with Crippen molar-refractivity contribution in [1.82, 2.24) is 4.90 Å². The van der Waals surface area contributed by atoms with Gasteiger partial charge in [0, 0.05) is 32.2 Å². The van der Waals surface area contributed by atoms with Crippen LogP contribution in [0.4, 0.5) is 5.69 Å². The number of carbonyl (C=O) groups is 2. The Kier molecular flexibility index (Phi) is 5.99. The molecule has 6 heteroatoms. The third-order valence-corrected chi connectivity index (χ3v) is 2.78. The van der Waals surface area contributed by atoms with Gasteiger partial charge >= 0.3 is 0 Å². The first-order valence-corrected chi connectivity index (χ1v) is 6.38. The van der Waals surface area contributed by atoms with E-state index in [9.17, 15) is 9.59 Å². The van der Waals surface area contributed by atoms with E-state index in [2.05, 4.69) is 5.32 Å². The normalized spacial score (nSPS) is 11.6. The van der Waals surface area contributed by atoms with Gasteiger partial charge in [-0.25, -0.2) is 0 Å². The molecule has 0 bridgehead atoms. The molecule has 2 amide bonds. The number of rotatable bonds is 6. The molecule has 1 aromatic rings.